The molecule has 66 valence electrons. The Bertz CT molecular complexity index is 132. The van der Waals surface area contributed by atoms with Crippen LogP contribution in [-0.4, -0.2) is 18.8 Å². The topological polar surface area (TPSA) is 38.5 Å². The fraction of sp³-hybridized carbons (Fsp3) is 1.00. The molecular formula is C9H19NO. The van der Waals surface area contributed by atoms with Crippen molar-refractivity contribution in [1.82, 2.24) is 0 Å². The molecule has 0 aliphatic carbocycles. The van der Waals surface area contributed by atoms with Gasteiger partial charge in [0, 0.05) is 6.54 Å². The van der Waals surface area contributed by atoms with Crippen LogP contribution < -0.4 is 5.73 Å². The molecule has 11 heavy (non-hydrogen) atoms. The highest BCUT2D eigenvalue weighted by Gasteiger charge is 2.49. The second-order valence-electron chi connectivity index (χ2n) is 3.69. The summed E-state index contributed by atoms with van der Waals surface area (Å²) in [6.07, 6.45) is 3.15. The number of hydrogen-bond donors (Lipinski definition) is 1. The molecule has 0 saturated carbocycles. The highest BCUT2D eigenvalue weighted by molar-refractivity contribution is 4.97. The Balaban J connectivity index is 2.45. The van der Waals surface area contributed by atoms with Gasteiger partial charge < -0.3 is 10.5 Å². The summed E-state index contributed by atoms with van der Waals surface area (Å²) in [5.74, 6) is 0. The smallest absolute Gasteiger partial charge is 0.0969 e. The summed E-state index contributed by atoms with van der Waals surface area (Å²) in [7, 11) is 0. The third-order valence-electron chi connectivity index (χ3n) is 3.12. The van der Waals surface area contributed by atoms with Crippen molar-refractivity contribution in [2.75, 3.05) is 6.54 Å². The lowest BCUT2D eigenvalue weighted by molar-refractivity contribution is 0.203. The lowest BCUT2D eigenvalue weighted by Gasteiger charge is -2.24. The van der Waals surface area contributed by atoms with E-state index in [9.17, 15) is 0 Å². The van der Waals surface area contributed by atoms with E-state index in [1.165, 1.54) is 12.8 Å². The van der Waals surface area contributed by atoms with Crippen molar-refractivity contribution < 1.29 is 4.74 Å². The Morgan fingerprint density at radius 3 is 2.18 bits per heavy atom. The van der Waals surface area contributed by atoms with Gasteiger partial charge in [0.1, 0.15) is 0 Å². The van der Waals surface area contributed by atoms with Gasteiger partial charge in [0.05, 0.1) is 12.2 Å². The van der Waals surface area contributed by atoms with Gasteiger partial charge in [-0.2, -0.15) is 0 Å². The summed E-state index contributed by atoms with van der Waals surface area (Å²) in [5.41, 5.74) is 5.87. The van der Waals surface area contributed by atoms with Crippen molar-refractivity contribution in [2.24, 2.45) is 11.1 Å². The fourth-order valence-electron chi connectivity index (χ4n) is 1.59. The summed E-state index contributed by atoms with van der Waals surface area (Å²) >= 11 is 0. The van der Waals surface area contributed by atoms with Gasteiger partial charge in [0.2, 0.25) is 0 Å². The molecule has 2 N–H and O–H groups in total. The SMILES string of the molecule is CCC(C)(CC)C1OC1CN. The third kappa shape index (κ3) is 1.57. The first-order valence-corrected chi connectivity index (χ1v) is 4.53. The molecule has 0 aromatic carbocycles. The average molecular weight is 157 g/mol. The molecule has 1 aliphatic heterocycles. The largest absolute Gasteiger partial charge is 0.368 e. The van der Waals surface area contributed by atoms with Gasteiger partial charge in [-0.1, -0.05) is 20.8 Å². The summed E-state index contributed by atoms with van der Waals surface area (Å²) in [6.45, 7) is 7.41. The van der Waals surface area contributed by atoms with Crippen LogP contribution in [0.1, 0.15) is 33.6 Å². The van der Waals surface area contributed by atoms with Crippen LogP contribution >= 0.6 is 0 Å². The molecule has 0 spiro atoms. The first kappa shape index (κ1) is 9.01. The van der Waals surface area contributed by atoms with E-state index in [1.807, 2.05) is 0 Å². The van der Waals surface area contributed by atoms with Crippen molar-refractivity contribution in [1.29, 1.82) is 0 Å². The minimum Gasteiger partial charge on any atom is -0.368 e. The normalized spacial score (nSPS) is 30.5. The molecule has 1 fully saturated rings. The van der Waals surface area contributed by atoms with E-state index in [0.29, 0.717) is 24.2 Å². The predicted octanol–water partition coefficient (Wildman–Crippen LogP) is 1.54. The van der Waals surface area contributed by atoms with E-state index in [1.54, 1.807) is 0 Å². The van der Waals surface area contributed by atoms with Crippen LogP contribution in [0.25, 0.3) is 0 Å². The van der Waals surface area contributed by atoms with Crippen LogP contribution in [0.4, 0.5) is 0 Å². The maximum atomic E-state index is 5.51. The van der Waals surface area contributed by atoms with Gasteiger partial charge in [-0.3, -0.25) is 0 Å². The lowest BCUT2D eigenvalue weighted by atomic mass is 9.80. The molecule has 0 radical (unpaired) electrons. The quantitative estimate of drug-likeness (QED) is 0.629. The van der Waals surface area contributed by atoms with E-state index in [-0.39, 0.29) is 0 Å². The van der Waals surface area contributed by atoms with Gasteiger partial charge in [-0.25, -0.2) is 0 Å². The molecule has 2 atom stereocenters. The molecule has 2 heteroatoms. The minimum atomic E-state index is 0.347. The third-order valence-corrected chi connectivity index (χ3v) is 3.12. The first-order chi connectivity index (χ1) is 5.18. The van der Waals surface area contributed by atoms with E-state index in [2.05, 4.69) is 20.8 Å². The molecule has 2 nitrogen and oxygen atoms in total. The molecular weight excluding hydrogens is 138 g/mol. The van der Waals surface area contributed by atoms with Gasteiger partial charge in [0.15, 0.2) is 0 Å². The minimum absolute atomic E-state index is 0.347. The molecule has 0 aromatic rings. The Hall–Kier alpha value is -0.0800. The number of epoxide rings is 1. The van der Waals surface area contributed by atoms with Crippen molar-refractivity contribution in [2.45, 2.75) is 45.8 Å². The second kappa shape index (κ2) is 3.11. The standard InChI is InChI=1S/C9H19NO/c1-4-9(3,5-2)8-7(6-10)11-8/h7-8H,4-6,10H2,1-3H3. The maximum Gasteiger partial charge on any atom is 0.0969 e. The number of rotatable bonds is 4. The van der Waals surface area contributed by atoms with Crippen LogP contribution in [0, 0.1) is 5.41 Å². The van der Waals surface area contributed by atoms with Crippen LogP contribution in [0.3, 0.4) is 0 Å². The van der Waals surface area contributed by atoms with E-state index in [0.717, 1.165) is 0 Å². The summed E-state index contributed by atoms with van der Waals surface area (Å²) in [6, 6.07) is 0. The van der Waals surface area contributed by atoms with Crippen molar-refractivity contribution in [3.8, 4) is 0 Å². The molecule has 1 aliphatic rings. The van der Waals surface area contributed by atoms with Crippen LogP contribution in [0.2, 0.25) is 0 Å². The average Bonchev–Trinajstić information content (AvgIpc) is 2.82. The Kier molecular flexibility index (Phi) is 2.55. The maximum absolute atomic E-state index is 5.51. The van der Waals surface area contributed by atoms with Gasteiger partial charge in [-0.15, -0.1) is 0 Å². The second-order valence-corrected chi connectivity index (χ2v) is 3.69. The predicted molar refractivity (Wildman–Crippen MR) is 46.4 cm³/mol. The van der Waals surface area contributed by atoms with Crippen LogP contribution in [-0.2, 0) is 4.74 Å². The zero-order valence-corrected chi connectivity index (χ0v) is 7.76. The Morgan fingerprint density at radius 1 is 1.36 bits per heavy atom. The Labute approximate surface area is 69.1 Å². The van der Waals surface area contributed by atoms with Gasteiger partial charge >= 0.3 is 0 Å². The first-order valence-electron chi connectivity index (χ1n) is 4.53. The molecule has 0 aromatic heterocycles. The number of ether oxygens (including phenoxy) is 1. The van der Waals surface area contributed by atoms with Gasteiger partial charge in [-0.05, 0) is 18.3 Å². The van der Waals surface area contributed by atoms with E-state index >= 15 is 0 Å². The molecule has 1 rings (SSSR count). The zero-order chi connectivity index (χ0) is 8.48. The summed E-state index contributed by atoms with van der Waals surface area (Å²) < 4.78 is 5.49. The zero-order valence-electron chi connectivity index (χ0n) is 7.76. The van der Waals surface area contributed by atoms with E-state index in [4.69, 9.17) is 10.5 Å². The fourth-order valence-corrected chi connectivity index (χ4v) is 1.59. The van der Waals surface area contributed by atoms with Crippen molar-refractivity contribution in [3.63, 3.8) is 0 Å². The summed E-state index contributed by atoms with van der Waals surface area (Å²) in [5, 5.41) is 0. The lowest BCUT2D eigenvalue weighted by Crippen LogP contribution is -2.25. The number of nitrogens with two attached hydrogens (primary N) is 1. The van der Waals surface area contributed by atoms with Crippen LogP contribution in [0.15, 0.2) is 0 Å². The summed E-state index contributed by atoms with van der Waals surface area (Å²) in [4.78, 5) is 0. The molecule has 1 saturated heterocycles. The van der Waals surface area contributed by atoms with Crippen molar-refractivity contribution >= 4 is 0 Å². The van der Waals surface area contributed by atoms with E-state index < -0.39 is 0 Å². The molecule has 0 amide bonds. The number of hydrogen-bond acceptors (Lipinski definition) is 2. The Morgan fingerprint density at radius 2 is 1.91 bits per heavy atom. The molecule has 2 unspecified atom stereocenters. The monoisotopic (exact) mass is 157 g/mol. The molecule has 0 bridgehead atoms. The van der Waals surface area contributed by atoms with Crippen molar-refractivity contribution in [3.05, 3.63) is 0 Å². The van der Waals surface area contributed by atoms with Gasteiger partial charge in [0.25, 0.3) is 0 Å². The highest BCUT2D eigenvalue weighted by atomic mass is 16.6. The highest BCUT2D eigenvalue weighted by Crippen LogP contribution is 2.42. The molecule has 1 heterocycles. The van der Waals surface area contributed by atoms with Crippen LogP contribution in [0.5, 0.6) is 0 Å².